The number of hydrogen-bond donors (Lipinski definition) is 0. The molecule has 6 heteroatoms. The Morgan fingerprint density at radius 1 is 1.17 bits per heavy atom. The summed E-state index contributed by atoms with van der Waals surface area (Å²) in [5.74, 6) is -0.622. The first-order valence-electron chi connectivity index (χ1n) is 5.05. The summed E-state index contributed by atoms with van der Waals surface area (Å²) in [5, 5.41) is 0. The lowest BCUT2D eigenvalue weighted by atomic mass is 10.3. The van der Waals surface area contributed by atoms with Crippen molar-refractivity contribution in [1.82, 2.24) is 4.98 Å². The summed E-state index contributed by atoms with van der Waals surface area (Å²) in [6.45, 7) is 0. The molecule has 0 saturated carbocycles. The van der Waals surface area contributed by atoms with Crippen molar-refractivity contribution < 1.29 is 12.8 Å². The Bertz CT molecular complexity index is 656. The van der Waals surface area contributed by atoms with Crippen LogP contribution >= 0.6 is 15.9 Å². The van der Waals surface area contributed by atoms with Gasteiger partial charge in [0.1, 0.15) is 5.82 Å². The van der Waals surface area contributed by atoms with Crippen LogP contribution in [0.5, 0.6) is 0 Å². The first-order chi connectivity index (χ1) is 8.47. The molecule has 0 radical (unpaired) electrons. The number of hydrogen-bond acceptors (Lipinski definition) is 3. The van der Waals surface area contributed by atoms with Gasteiger partial charge in [-0.1, -0.05) is 0 Å². The Morgan fingerprint density at radius 2 is 1.83 bits per heavy atom. The van der Waals surface area contributed by atoms with Crippen molar-refractivity contribution in [2.45, 2.75) is 10.6 Å². The topological polar surface area (TPSA) is 47.0 Å². The number of halogens is 2. The maximum atomic E-state index is 12.7. The van der Waals surface area contributed by atoms with Gasteiger partial charge in [0, 0.05) is 16.9 Å². The van der Waals surface area contributed by atoms with Crippen LogP contribution in [0.25, 0.3) is 0 Å². The van der Waals surface area contributed by atoms with Gasteiger partial charge in [-0.25, -0.2) is 12.8 Å². The van der Waals surface area contributed by atoms with Crippen LogP contribution in [0.2, 0.25) is 0 Å². The summed E-state index contributed by atoms with van der Waals surface area (Å²) in [4.78, 5) is 4.01. The van der Waals surface area contributed by atoms with Gasteiger partial charge in [0.2, 0.25) is 0 Å². The molecular weight excluding hydrogens is 321 g/mol. The van der Waals surface area contributed by atoms with Crippen LogP contribution in [0.1, 0.15) is 5.56 Å². The van der Waals surface area contributed by atoms with Gasteiger partial charge in [0.05, 0.1) is 10.6 Å². The minimum Gasteiger partial charge on any atom is -0.263 e. The number of aromatic nitrogens is 1. The normalized spacial score (nSPS) is 11.4. The molecule has 0 aliphatic heterocycles. The second kappa shape index (κ2) is 5.16. The lowest BCUT2D eigenvalue weighted by Gasteiger charge is -2.04. The van der Waals surface area contributed by atoms with Gasteiger partial charge < -0.3 is 0 Å². The molecule has 0 aliphatic rings. The Hall–Kier alpha value is -1.27. The molecule has 0 atom stereocenters. The zero-order valence-electron chi connectivity index (χ0n) is 9.18. The molecule has 0 aliphatic carbocycles. The molecule has 2 aromatic rings. The molecule has 0 N–H and O–H groups in total. The summed E-state index contributed by atoms with van der Waals surface area (Å²) in [5.41, 5.74) is 0.578. The predicted molar refractivity (Wildman–Crippen MR) is 69.2 cm³/mol. The highest BCUT2D eigenvalue weighted by molar-refractivity contribution is 9.10. The SMILES string of the molecule is O=S(=O)(Cc1cncc(Br)c1)c1ccc(F)cc1. The van der Waals surface area contributed by atoms with Crippen molar-refractivity contribution in [3.8, 4) is 0 Å². The number of sulfone groups is 1. The van der Waals surface area contributed by atoms with Crippen LogP contribution in [-0.2, 0) is 15.6 Å². The molecule has 1 heterocycles. The fourth-order valence-electron chi connectivity index (χ4n) is 1.48. The third-order valence-corrected chi connectivity index (χ3v) is 4.43. The molecule has 1 aromatic carbocycles. The van der Waals surface area contributed by atoms with Crippen LogP contribution in [-0.4, -0.2) is 13.4 Å². The highest BCUT2D eigenvalue weighted by atomic mass is 79.9. The summed E-state index contributed by atoms with van der Waals surface area (Å²) in [7, 11) is -3.47. The highest BCUT2D eigenvalue weighted by Crippen LogP contribution is 2.18. The van der Waals surface area contributed by atoms with Gasteiger partial charge in [0.15, 0.2) is 9.84 Å². The van der Waals surface area contributed by atoms with Crippen LogP contribution in [0, 0.1) is 5.82 Å². The standard InChI is InChI=1S/C12H9BrFNO2S/c13-10-5-9(6-15-7-10)8-18(16,17)12-3-1-11(14)2-4-12/h1-7H,8H2. The zero-order valence-corrected chi connectivity index (χ0v) is 11.6. The molecule has 0 fully saturated rings. The molecule has 0 unspecified atom stereocenters. The van der Waals surface area contributed by atoms with E-state index in [-0.39, 0.29) is 10.6 Å². The largest absolute Gasteiger partial charge is 0.263 e. The average molecular weight is 330 g/mol. The number of benzene rings is 1. The van der Waals surface area contributed by atoms with Crippen molar-refractivity contribution in [3.63, 3.8) is 0 Å². The molecule has 1 aromatic heterocycles. The van der Waals surface area contributed by atoms with E-state index in [4.69, 9.17) is 0 Å². The molecule has 18 heavy (non-hydrogen) atoms. The monoisotopic (exact) mass is 329 g/mol. The maximum absolute atomic E-state index is 12.7. The smallest absolute Gasteiger partial charge is 0.182 e. The van der Waals surface area contributed by atoms with Gasteiger partial charge in [-0.2, -0.15) is 0 Å². The minimum absolute atomic E-state index is 0.101. The van der Waals surface area contributed by atoms with Crippen LogP contribution in [0.3, 0.4) is 0 Å². The second-order valence-electron chi connectivity index (χ2n) is 3.72. The van der Waals surface area contributed by atoms with Gasteiger partial charge in [-0.3, -0.25) is 4.98 Å². The van der Waals surface area contributed by atoms with Gasteiger partial charge in [-0.15, -0.1) is 0 Å². The lowest BCUT2D eigenvalue weighted by molar-refractivity contribution is 0.594. The Kier molecular flexibility index (Phi) is 3.77. The van der Waals surface area contributed by atoms with E-state index in [2.05, 4.69) is 20.9 Å². The van der Waals surface area contributed by atoms with E-state index in [0.29, 0.717) is 10.0 Å². The Balaban J connectivity index is 2.30. The van der Waals surface area contributed by atoms with E-state index in [1.165, 1.54) is 18.3 Å². The fourth-order valence-corrected chi connectivity index (χ4v) is 3.21. The molecule has 0 amide bonds. The molecule has 0 bridgehead atoms. The molecule has 2 rings (SSSR count). The number of rotatable bonds is 3. The van der Waals surface area contributed by atoms with E-state index in [1.54, 1.807) is 12.3 Å². The maximum Gasteiger partial charge on any atom is 0.182 e. The van der Waals surface area contributed by atoms with E-state index in [1.807, 2.05) is 0 Å². The van der Waals surface area contributed by atoms with Crippen LogP contribution in [0.15, 0.2) is 52.1 Å². The van der Waals surface area contributed by atoms with Crippen molar-refractivity contribution >= 4 is 25.8 Å². The first-order valence-corrected chi connectivity index (χ1v) is 7.50. The fraction of sp³-hybridized carbons (Fsp3) is 0.0833. The zero-order chi connectivity index (χ0) is 13.2. The average Bonchev–Trinajstić information content (AvgIpc) is 2.29. The van der Waals surface area contributed by atoms with E-state index in [9.17, 15) is 12.8 Å². The first kappa shape index (κ1) is 13.2. The Labute approximate surface area is 113 Å². The second-order valence-corrected chi connectivity index (χ2v) is 6.63. The van der Waals surface area contributed by atoms with Crippen molar-refractivity contribution in [3.05, 3.63) is 58.6 Å². The molecule has 0 spiro atoms. The van der Waals surface area contributed by atoms with E-state index in [0.717, 1.165) is 12.1 Å². The molecule has 0 saturated heterocycles. The predicted octanol–water partition coefficient (Wildman–Crippen LogP) is 2.96. The van der Waals surface area contributed by atoms with Gasteiger partial charge >= 0.3 is 0 Å². The minimum atomic E-state index is -3.47. The van der Waals surface area contributed by atoms with Gasteiger partial charge in [0.25, 0.3) is 0 Å². The van der Waals surface area contributed by atoms with Crippen LogP contribution in [0.4, 0.5) is 4.39 Å². The van der Waals surface area contributed by atoms with Crippen molar-refractivity contribution in [1.29, 1.82) is 0 Å². The lowest BCUT2D eigenvalue weighted by Crippen LogP contribution is -2.05. The van der Waals surface area contributed by atoms with E-state index < -0.39 is 15.7 Å². The molecule has 94 valence electrons. The molecular formula is C12H9BrFNO2S. The number of pyridine rings is 1. The third kappa shape index (κ3) is 3.14. The van der Waals surface area contributed by atoms with E-state index >= 15 is 0 Å². The van der Waals surface area contributed by atoms with Gasteiger partial charge in [-0.05, 0) is 51.8 Å². The molecule has 3 nitrogen and oxygen atoms in total. The summed E-state index contributed by atoms with van der Waals surface area (Å²) in [6.07, 6.45) is 3.07. The van der Waals surface area contributed by atoms with Crippen LogP contribution < -0.4 is 0 Å². The number of nitrogens with zero attached hydrogens (tertiary/aromatic N) is 1. The van der Waals surface area contributed by atoms with Crippen molar-refractivity contribution in [2.75, 3.05) is 0 Å². The Morgan fingerprint density at radius 3 is 2.44 bits per heavy atom. The highest BCUT2D eigenvalue weighted by Gasteiger charge is 2.15. The van der Waals surface area contributed by atoms with Crippen molar-refractivity contribution in [2.24, 2.45) is 0 Å². The summed E-state index contributed by atoms with van der Waals surface area (Å²) >= 11 is 3.23. The summed E-state index contributed by atoms with van der Waals surface area (Å²) < 4.78 is 37.6. The third-order valence-electron chi connectivity index (χ3n) is 2.29. The quantitative estimate of drug-likeness (QED) is 0.813. The summed E-state index contributed by atoms with van der Waals surface area (Å²) in [6, 6.07) is 6.47.